The maximum atomic E-state index is 12.8. The molecule has 1 aromatic carbocycles. The van der Waals surface area contributed by atoms with Crippen molar-refractivity contribution in [1.29, 1.82) is 0 Å². The van der Waals surface area contributed by atoms with Crippen LogP contribution in [0.5, 0.6) is 5.75 Å². The molecular formula is C10H10F4O. The smallest absolute Gasteiger partial charge is 0.204 e. The molecule has 0 bridgehead atoms. The quantitative estimate of drug-likeness (QED) is 0.402. The van der Waals surface area contributed by atoms with Gasteiger partial charge in [0.1, 0.15) is 0 Å². The minimum absolute atomic E-state index is 0.698. The highest BCUT2D eigenvalue weighted by Gasteiger charge is 2.23. The van der Waals surface area contributed by atoms with Crippen LogP contribution in [-0.2, 0) is 0 Å². The first kappa shape index (κ1) is 13.5. The number of rotatable bonds is 1. The summed E-state index contributed by atoms with van der Waals surface area (Å²) in [5, 5.41) is 0. The lowest BCUT2D eigenvalue weighted by Crippen LogP contribution is -2.03. The van der Waals surface area contributed by atoms with E-state index in [1.54, 1.807) is 0 Å². The Labute approximate surface area is 85.0 Å². The summed E-state index contributed by atoms with van der Waals surface area (Å²) in [6, 6.07) is 0. The SMILES string of the molecule is C=C.COc1c(F)c(F)c(C)c(F)c1F. The number of hydrogen-bond acceptors (Lipinski definition) is 1. The Morgan fingerprint density at radius 3 is 1.47 bits per heavy atom. The molecule has 0 amide bonds. The zero-order valence-electron chi connectivity index (χ0n) is 8.33. The first-order valence-electron chi connectivity index (χ1n) is 3.87. The molecule has 0 fully saturated rings. The lowest BCUT2D eigenvalue weighted by molar-refractivity contribution is 0.330. The standard InChI is InChI=1S/C8H6F4O.C2H4/c1-3-4(9)6(11)8(13-2)7(12)5(3)10;1-2/h1-2H3;1-2H2. The van der Waals surface area contributed by atoms with Crippen LogP contribution in [0.2, 0.25) is 0 Å². The minimum Gasteiger partial charge on any atom is -0.491 e. The Balaban J connectivity index is 0.000000921. The number of ether oxygens (including phenoxy) is 1. The maximum absolute atomic E-state index is 12.8. The summed E-state index contributed by atoms with van der Waals surface area (Å²) < 4.78 is 55.3. The molecule has 0 heterocycles. The topological polar surface area (TPSA) is 9.23 Å². The molecule has 0 N–H and O–H groups in total. The predicted molar refractivity (Wildman–Crippen MR) is 48.8 cm³/mol. The van der Waals surface area contributed by atoms with Crippen molar-refractivity contribution in [1.82, 2.24) is 0 Å². The molecular weight excluding hydrogens is 212 g/mol. The lowest BCUT2D eigenvalue weighted by Gasteiger charge is -2.07. The molecule has 0 saturated heterocycles. The van der Waals surface area contributed by atoms with Gasteiger partial charge < -0.3 is 4.74 Å². The molecule has 0 saturated carbocycles. The molecule has 84 valence electrons. The van der Waals surface area contributed by atoms with E-state index in [0.29, 0.717) is 0 Å². The lowest BCUT2D eigenvalue weighted by atomic mass is 10.2. The summed E-state index contributed by atoms with van der Waals surface area (Å²) in [4.78, 5) is 0. The molecule has 0 aliphatic rings. The van der Waals surface area contributed by atoms with Crippen LogP contribution in [0.4, 0.5) is 17.6 Å². The number of methoxy groups -OCH3 is 1. The summed E-state index contributed by atoms with van der Waals surface area (Å²) in [5.74, 6) is -6.94. The summed E-state index contributed by atoms with van der Waals surface area (Å²) >= 11 is 0. The fourth-order valence-corrected chi connectivity index (χ4v) is 0.901. The van der Waals surface area contributed by atoms with E-state index in [4.69, 9.17) is 0 Å². The molecule has 15 heavy (non-hydrogen) atoms. The van der Waals surface area contributed by atoms with Gasteiger partial charge in [0.2, 0.25) is 11.6 Å². The Kier molecular flexibility index (Phi) is 4.84. The van der Waals surface area contributed by atoms with Gasteiger partial charge in [-0.2, -0.15) is 8.78 Å². The summed E-state index contributed by atoms with van der Waals surface area (Å²) in [6.45, 7) is 6.94. The molecule has 1 rings (SSSR count). The largest absolute Gasteiger partial charge is 0.491 e. The van der Waals surface area contributed by atoms with Crippen LogP contribution in [0.1, 0.15) is 5.56 Å². The van der Waals surface area contributed by atoms with Crippen LogP contribution >= 0.6 is 0 Å². The predicted octanol–water partition coefficient (Wildman–Crippen LogP) is 3.36. The van der Waals surface area contributed by atoms with Gasteiger partial charge in [-0.05, 0) is 6.92 Å². The molecule has 5 heteroatoms. The average molecular weight is 222 g/mol. The van der Waals surface area contributed by atoms with E-state index in [-0.39, 0.29) is 0 Å². The van der Waals surface area contributed by atoms with Crippen molar-refractivity contribution in [3.05, 3.63) is 42.0 Å². The van der Waals surface area contributed by atoms with E-state index in [1.807, 2.05) is 0 Å². The third-order valence-corrected chi connectivity index (χ3v) is 1.65. The summed E-state index contributed by atoms with van der Waals surface area (Å²) in [7, 11) is 0.926. The maximum Gasteiger partial charge on any atom is 0.204 e. The van der Waals surface area contributed by atoms with E-state index in [2.05, 4.69) is 17.9 Å². The average Bonchev–Trinajstić information content (AvgIpc) is 2.27. The van der Waals surface area contributed by atoms with Gasteiger partial charge >= 0.3 is 0 Å². The monoisotopic (exact) mass is 222 g/mol. The van der Waals surface area contributed by atoms with Crippen LogP contribution in [-0.4, -0.2) is 7.11 Å². The van der Waals surface area contributed by atoms with Crippen molar-refractivity contribution in [2.75, 3.05) is 7.11 Å². The second-order valence-electron chi connectivity index (χ2n) is 2.41. The highest BCUT2D eigenvalue weighted by Crippen LogP contribution is 2.28. The van der Waals surface area contributed by atoms with Crippen LogP contribution in [0, 0.1) is 30.2 Å². The van der Waals surface area contributed by atoms with Gasteiger partial charge in [0.15, 0.2) is 17.4 Å². The number of halogens is 4. The molecule has 0 radical (unpaired) electrons. The van der Waals surface area contributed by atoms with Crippen LogP contribution in [0.15, 0.2) is 13.2 Å². The summed E-state index contributed by atoms with van der Waals surface area (Å²) in [5.41, 5.74) is -0.698. The third kappa shape index (κ3) is 2.29. The fourth-order valence-electron chi connectivity index (χ4n) is 0.901. The van der Waals surface area contributed by atoms with Gasteiger partial charge in [-0.25, -0.2) is 8.78 Å². The Morgan fingerprint density at radius 2 is 1.20 bits per heavy atom. The van der Waals surface area contributed by atoms with Gasteiger partial charge in [0.05, 0.1) is 7.11 Å². The van der Waals surface area contributed by atoms with Crippen LogP contribution < -0.4 is 4.74 Å². The van der Waals surface area contributed by atoms with E-state index in [1.165, 1.54) is 0 Å². The number of hydrogen-bond donors (Lipinski definition) is 0. The molecule has 0 aliphatic heterocycles. The Morgan fingerprint density at radius 1 is 0.867 bits per heavy atom. The zero-order chi connectivity index (χ0) is 12.2. The molecule has 0 aromatic heterocycles. The van der Waals surface area contributed by atoms with E-state index < -0.39 is 34.6 Å². The molecule has 1 aromatic rings. The van der Waals surface area contributed by atoms with Crippen molar-refractivity contribution in [3.8, 4) is 5.75 Å². The molecule has 0 aliphatic carbocycles. The van der Waals surface area contributed by atoms with Gasteiger partial charge in [-0.3, -0.25) is 0 Å². The van der Waals surface area contributed by atoms with Crippen molar-refractivity contribution in [2.24, 2.45) is 0 Å². The van der Waals surface area contributed by atoms with Crippen molar-refractivity contribution in [2.45, 2.75) is 6.92 Å². The molecule has 1 nitrogen and oxygen atoms in total. The highest BCUT2D eigenvalue weighted by molar-refractivity contribution is 5.33. The normalized spacial score (nSPS) is 9.20. The first-order valence-corrected chi connectivity index (χ1v) is 3.87. The Hall–Kier alpha value is -1.52. The summed E-state index contributed by atoms with van der Waals surface area (Å²) in [6.07, 6.45) is 0. The van der Waals surface area contributed by atoms with Crippen LogP contribution in [0.3, 0.4) is 0 Å². The second kappa shape index (κ2) is 5.38. The van der Waals surface area contributed by atoms with Gasteiger partial charge in [0.25, 0.3) is 0 Å². The zero-order valence-corrected chi connectivity index (χ0v) is 8.33. The number of benzene rings is 1. The first-order chi connectivity index (χ1) is 7.00. The van der Waals surface area contributed by atoms with Crippen LogP contribution in [0.25, 0.3) is 0 Å². The van der Waals surface area contributed by atoms with Crippen molar-refractivity contribution in [3.63, 3.8) is 0 Å². The van der Waals surface area contributed by atoms with Crippen molar-refractivity contribution >= 4 is 0 Å². The molecule has 0 unspecified atom stereocenters. The van der Waals surface area contributed by atoms with E-state index >= 15 is 0 Å². The minimum atomic E-state index is -1.51. The van der Waals surface area contributed by atoms with Gasteiger partial charge in [-0.15, -0.1) is 13.2 Å². The molecule has 0 spiro atoms. The van der Waals surface area contributed by atoms with Gasteiger partial charge in [-0.1, -0.05) is 0 Å². The highest BCUT2D eigenvalue weighted by atomic mass is 19.2. The molecule has 0 atom stereocenters. The Bertz CT molecular complexity index is 334. The van der Waals surface area contributed by atoms with E-state index in [0.717, 1.165) is 14.0 Å². The van der Waals surface area contributed by atoms with E-state index in [9.17, 15) is 17.6 Å². The second-order valence-corrected chi connectivity index (χ2v) is 2.41. The van der Waals surface area contributed by atoms with Gasteiger partial charge in [0, 0.05) is 5.56 Å². The van der Waals surface area contributed by atoms with Crippen molar-refractivity contribution < 1.29 is 22.3 Å². The fraction of sp³-hybridized carbons (Fsp3) is 0.200. The third-order valence-electron chi connectivity index (χ3n) is 1.65.